The molecule has 1 saturated heterocycles. The Hall–Kier alpha value is -0.610. The molecule has 2 unspecified atom stereocenters. The lowest BCUT2D eigenvalue weighted by atomic mass is 10.1. The SMILES string of the molecule is c1ccc(C2CN=C(NCC3CCCS3)S2)cc1. The first-order valence-corrected chi connectivity index (χ1v) is 8.46. The zero-order valence-electron chi connectivity index (χ0n) is 10.3. The molecule has 0 saturated carbocycles. The molecule has 2 aliphatic heterocycles. The van der Waals surface area contributed by atoms with Crippen molar-refractivity contribution in [3.05, 3.63) is 35.9 Å². The number of hydrogen-bond acceptors (Lipinski definition) is 4. The highest BCUT2D eigenvalue weighted by Gasteiger charge is 2.22. The number of rotatable bonds is 3. The minimum absolute atomic E-state index is 0.505. The topological polar surface area (TPSA) is 24.4 Å². The van der Waals surface area contributed by atoms with E-state index in [1.807, 2.05) is 11.8 Å². The number of benzene rings is 1. The quantitative estimate of drug-likeness (QED) is 0.918. The van der Waals surface area contributed by atoms with Crippen LogP contribution in [0.5, 0.6) is 0 Å². The predicted molar refractivity (Wildman–Crippen MR) is 82.6 cm³/mol. The third kappa shape index (κ3) is 3.04. The average Bonchev–Trinajstić information content (AvgIpc) is 3.09. The van der Waals surface area contributed by atoms with Gasteiger partial charge in [0, 0.05) is 11.8 Å². The highest BCUT2D eigenvalue weighted by molar-refractivity contribution is 8.14. The molecule has 96 valence electrons. The maximum atomic E-state index is 4.61. The Morgan fingerprint density at radius 3 is 2.94 bits per heavy atom. The second kappa shape index (κ2) is 6.02. The van der Waals surface area contributed by atoms with Gasteiger partial charge < -0.3 is 5.32 Å². The first kappa shape index (κ1) is 12.4. The minimum Gasteiger partial charge on any atom is -0.364 e. The third-order valence-electron chi connectivity index (χ3n) is 3.33. The molecule has 0 bridgehead atoms. The maximum Gasteiger partial charge on any atom is 0.157 e. The van der Waals surface area contributed by atoms with Gasteiger partial charge in [-0.3, -0.25) is 4.99 Å². The summed E-state index contributed by atoms with van der Waals surface area (Å²) in [6.45, 7) is 1.99. The smallest absolute Gasteiger partial charge is 0.157 e. The molecule has 2 nitrogen and oxygen atoms in total. The molecule has 1 fully saturated rings. The lowest BCUT2D eigenvalue weighted by Gasteiger charge is -2.12. The van der Waals surface area contributed by atoms with Gasteiger partial charge in [0.1, 0.15) is 0 Å². The van der Waals surface area contributed by atoms with Gasteiger partial charge in [-0.05, 0) is 24.2 Å². The average molecular weight is 278 g/mol. The van der Waals surface area contributed by atoms with Crippen LogP contribution in [0.1, 0.15) is 23.7 Å². The van der Waals surface area contributed by atoms with Gasteiger partial charge in [0.2, 0.25) is 0 Å². The zero-order valence-corrected chi connectivity index (χ0v) is 12.0. The van der Waals surface area contributed by atoms with Crippen LogP contribution in [0.4, 0.5) is 0 Å². The van der Waals surface area contributed by atoms with E-state index in [0.717, 1.165) is 23.5 Å². The largest absolute Gasteiger partial charge is 0.364 e. The van der Waals surface area contributed by atoms with E-state index in [1.54, 1.807) is 0 Å². The summed E-state index contributed by atoms with van der Waals surface area (Å²) in [5.74, 6) is 1.33. The van der Waals surface area contributed by atoms with E-state index in [-0.39, 0.29) is 0 Å². The Balaban J connectivity index is 1.49. The van der Waals surface area contributed by atoms with Gasteiger partial charge in [-0.25, -0.2) is 0 Å². The molecule has 2 atom stereocenters. The molecule has 18 heavy (non-hydrogen) atoms. The molecule has 0 amide bonds. The number of hydrogen-bond donors (Lipinski definition) is 1. The Labute approximate surface area is 117 Å². The molecule has 1 aromatic rings. The Morgan fingerprint density at radius 1 is 1.28 bits per heavy atom. The van der Waals surface area contributed by atoms with Gasteiger partial charge in [-0.1, -0.05) is 42.1 Å². The number of amidine groups is 1. The second-order valence-electron chi connectivity index (χ2n) is 4.68. The maximum absolute atomic E-state index is 4.61. The van der Waals surface area contributed by atoms with Gasteiger partial charge in [0.15, 0.2) is 5.17 Å². The lowest BCUT2D eigenvalue weighted by molar-refractivity contribution is 0.749. The van der Waals surface area contributed by atoms with Crippen LogP contribution in [0.15, 0.2) is 35.3 Å². The fraction of sp³-hybridized carbons (Fsp3) is 0.500. The first-order valence-electron chi connectivity index (χ1n) is 6.53. The first-order chi connectivity index (χ1) is 8.92. The van der Waals surface area contributed by atoms with E-state index in [4.69, 9.17) is 0 Å². The zero-order chi connectivity index (χ0) is 12.2. The van der Waals surface area contributed by atoms with Gasteiger partial charge in [0.05, 0.1) is 11.8 Å². The van der Waals surface area contributed by atoms with Crippen LogP contribution in [-0.2, 0) is 0 Å². The van der Waals surface area contributed by atoms with Crippen molar-refractivity contribution in [3.8, 4) is 0 Å². The number of nitrogens with zero attached hydrogens (tertiary/aromatic N) is 1. The number of aliphatic imine (C=N–C) groups is 1. The Morgan fingerprint density at radius 2 is 2.17 bits per heavy atom. The molecule has 2 heterocycles. The lowest BCUT2D eigenvalue weighted by Crippen LogP contribution is -2.26. The van der Waals surface area contributed by atoms with Crippen LogP contribution < -0.4 is 5.32 Å². The van der Waals surface area contributed by atoms with E-state index in [0.29, 0.717) is 5.25 Å². The summed E-state index contributed by atoms with van der Waals surface area (Å²) in [5, 5.41) is 5.95. The highest BCUT2D eigenvalue weighted by atomic mass is 32.2. The molecule has 2 aliphatic rings. The summed E-state index contributed by atoms with van der Waals surface area (Å²) in [4.78, 5) is 4.61. The van der Waals surface area contributed by atoms with E-state index in [1.165, 1.54) is 24.2 Å². The van der Waals surface area contributed by atoms with Gasteiger partial charge in [-0.2, -0.15) is 11.8 Å². The van der Waals surface area contributed by atoms with Gasteiger partial charge >= 0.3 is 0 Å². The summed E-state index contributed by atoms with van der Waals surface area (Å²) in [5.41, 5.74) is 1.39. The molecule has 0 radical (unpaired) electrons. The van der Waals surface area contributed by atoms with Gasteiger partial charge in [0.25, 0.3) is 0 Å². The molecule has 1 N–H and O–H groups in total. The molecule has 3 rings (SSSR count). The van der Waals surface area contributed by atoms with Crippen molar-refractivity contribution in [2.45, 2.75) is 23.3 Å². The van der Waals surface area contributed by atoms with Crippen LogP contribution in [0.25, 0.3) is 0 Å². The molecule has 4 heteroatoms. The summed E-state index contributed by atoms with van der Waals surface area (Å²) in [6.07, 6.45) is 2.74. The monoisotopic (exact) mass is 278 g/mol. The van der Waals surface area contributed by atoms with Gasteiger partial charge in [-0.15, -0.1) is 0 Å². The summed E-state index contributed by atoms with van der Waals surface area (Å²) >= 11 is 3.97. The summed E-state index contributed by atoms with van der Waals surface area (Å²) < 4.78 is 0. The number of thioether (sulfide) groups is 2. The van der Waals surface area contributed by atoms with Crippen molar-refractivity contribution in [2.75, 3.05) is 18.8 Å². The van der Waals surface area contributed by atoms with E-state index in [9.17, 15) is 0 Å². The van der Waals surface area contributed by atoms with Crippen molar-refractivity contribution in [1.82, 2.24) is 5.32 Å². The van der Waals surface area contributed by atoms with Crippen molar-refractivity contribution < 1.29 is 0 Å². The van der Waals surface area contributed by atoms with E-state index >= 15 is 0 Å². The third-order valence-corrected chi connectivity index (χ3v) is 5.93. The molecular weight excluding hydrogens is 260 g/mol. The Bertz CT molecular complexity index is 413. The van der Waals surface area contributed by atoms with Crippen LogP contribution in [-0.4, -0.2) is 29.3 Å². The fourth-order valence-electron chi connectivity index (χ4n) is 2.32. The van der Waals surface area contributed by atoms with Crippen molar-refractivity contribution >= 4 is 28.7 Å². The minimum atomic E-state index is 0.505. The van der Waals surface area contributed by atoms with Crippen molar-refractivity contribution in [3.63, 3.8) is 0 Å². The molecule has 1 aromatic carbocycles. The van der Waals surface area contributed by atoms with Crippen LogP contribution >= 0.6 is 23.5 Å². The molecule has 0 spiro atoms. The van der Waals surface area contributed by atoms with Crippen LogP contribution in [0.2, 0.25) is 0 Å². The highest BCUT2D eigenvalue weighted by Crippen LogP contribution is 2.34. The second-order valence-corrected chi connectivity index (χ2v) is 7.28. The Kier molecular flexibility index (Phi) is 4.16. The fourth-order valence-corrected chi connectivity index (χ4v) is 4.55. The predicted octanol–water partition coefficient (Wildman–Crippen LogP) is 3.32. The van der Waals surface area contributed by atoms with Crippen molar-refractivity contribution in [2.24, 2.45) is 4.99 Å². The number of nitrogens with one attached hydrogen (secondary N) is 1. The van der Waals surface area contributed by atoms with E-state index in [2.05, 4.69) is 52.4 Å². The summed E-state index contributed by atoms with van der Waals surface area (Å²) in [7, 11) is 0. The van der Waals surface area contributed by atoms with Crippen molar-refractivity contribution in [1.29, 1.82) is 0 Å². The standard InChI is InChI=1S/C14H18N2S2/c1-2-5-11(6-3-1)13-10-16-14(18-13)15-9-12-7-4-8-17-12/h1-3,5-6,12-13H,4,7-10H2,(H,15,16). The van der Waals surface area contributed by atoms with E-state index < -0.39 is 0 Å². The molecule has 0 aliphatic carbocycles. The molecular formula is C14H18N2S2. The molecule has 0 aromatic heterocycles. The van der Waals surface area contributed by atoms with Crippen LogP contribution in [0, 0.1) is 0 Å². The van der Waals surface area contributed by atoms with Crippen LogP contribution in [0.3, 0.4) is 0 Å². The summed E-state index contributed by atoms with van der Waals surface area (Å²) in [6, 6.07) is 10.7. The normalized spacial score (nSPS) is 27.2.